The van der Waals surface area contributed by atoms with Gasteiger partial charge < -0.3 is 20.1 Å². The minimum Gasteiger partial charge on any atom is -0.480 e. The Morgan fingerprint density at radius 2 is 1.78 bits per heavy atom. The average molecular weight is 366 g/mol. The van der Waals surface area contributed by atoms with Gasteiger partial charge >= 0.3 is 12.1 Å². The van der Waals surface area contributed by atoms with Crippen LogP contribution in [0.2, 0.25) is 0 Å². The summed E-state index contributed by atoms with van der Waals surface area (Å²) in [6.45, 7) is 3.66. The Labute approximate surface area is 157 Å². The topological polar surface area (TPSA) is 91.4 Å². The number of para-hydroxylation sites is 1. The summed E-state index contributed by atoms with van der Waals surface area (Å²) >= 11 is 0. The Bertz CT molecular complexity index is 947. The molecule has 0 spiro atoms. The third-order valence-electron chi connectivity index (χ3n) is 4.73. The van der Waals surface area contributed by atoms with E-state index in [1.807, 2.05) is 54.6 Å². The van der Waals surface area contributed by atoms with Gasteiger partial charge in [-0.05, 0) is 17.2 Å². The molecule has 6 heteroatoms. The van der Waals surface area contributed by atoms with Crippen LogP contribution in [0.3, 0.4) is 0 Å². The van der Waals surface area contributed by atoms with E-state index in [2.05, 4.69) is 10.3 Å². The molecular formula is C21H22N2O4. The zero-order chi connectivity index (χ0) is 19.4. The number of carboxylic acids is 1. The summed E-state index contributed by atoms with van der Waals surface area (Å²) in [5.74, 6) is -1.12. The van der Waals surface area contributed by atoms with Crippen molar-refractivity contribution in [3.63, 3.8) is 0 Å². The highest BCUT2D eigenvalue weighted by Crippen LogP contribution is 2.33. The first-order valence-electron chi connectivity index (χ1n) is 8.66. The number of H-pyrrole nitrogens is 1. The number of amides is 1. The Morgan fingerprint density at radius 1 is 1.11 bits per heavy atom. The molecule has 2 aromatic carbocycles. The van der Waals surface area contributed by atoms with Gasteiger partial charge in [-0.1, -0.05) is 62.4 Å². The van der Waals surface area contributed by atoms with Crippen molar-refractivity contribution in [1.82, 2.24) is 10.3 Å². The first-order valence-corrected chi connectivity index (χ1v) is 8.66. The summed E-state index contributed by atoms with van der Waals surface area (Å²) in [5.41, 5.74) is 1.69. The molecule has 0 radical (unpaired) electrons. The van der Waals surface area contributed by atoms with Gasteiger partial charge in [0.05, 0.1) is 0 Å². The van der Waals surface area contributed by atoms with E-state index in [1.165, 1.54) is 0 Å². The lowest BCUT2D eigenvalue weighted by atomic mass is 9.77. The Kier molecular flexibility index (Phi) is 5.16. The fourth-order valence-electron chi connectivity index (χ4n) is 3.19. The monoisotopic (exact) mass is 366 g/mol. The van der Waals surface area contributed by atoms with Crippen molar-refractivity contribution in [2.75, 3.05) is 0 Å². The predicted octanol–water partition coefficient (Wildman–Crippen LogP) is 3.83. The van der Waals surface area contributed by atoms with Crippen molar-refractivity contribution < 1.29 is 19.4 Å². The molecule has 3 aromatic rings. The van der Waals surface area contributed by atoms with Crippen molar-refractivity contribution in [1.29, 1.82) is 0 Å². The first-order chi connectivity index (χ1) is 12.9. The minimum absolute atomic E-state index is 0.0759. The van der Waals surface area contributed by atoms with Crippen LogP contribution in [0.15, 0.2) is 60.8 Å². The van der Waals surface area contributed by atoms with E-state index in [0.29, 0.717) is 0 Å². The second-order valence-electron chi connectivity index (χ2n) is 6.95. The number of carbonyl (C=O) groups excluding carboxylic acids is 1. The van der Waals surface area contributed by atoms with Gasteiger partial charge in [-0.3, -0.25) is 0 Å². The molecule has 1 amide bonds. The number of benzene rings is 2. The highest BCUT2D eigenvalue weighted by atomic mass is 16.5. The van der Waals surface area contributed by atoms with Gasteiger partial charge in [0, 0.05) is 22.5 Å². The number of carboxylic acid groups (broad SMARTS) is 1. The molecule has 1 heterocycles. The number of aliphatic carboxylic acids is 1. The molecule has 140 valence electrons. The SMILES string of the molecule is CC(C)(c1c[nH]c2ccccc12)[C@@H](NC(=O)OCc1ccccc1)C(=O)O. The van der Waals surface area contributed by atoms with Crippen LogP contribution >= 0.6 is 0 Å². The molecule has 0 aliphatic heterocycles. The van der Waals surface area contributed by atoms with E-state index in [-0.39, 0.29) is 6.61 Å². The molecule has 0 fully saturated rings. The average Bonchev–Trinajstić information content (AvgIpc) is 3.10. The molecule has 0 aliphatic rings. The molecular weight excluding hydrogens is 344 g/mol. The molecule has 3 rings (SSSR count). The summed E-state index contributed by atoms with van der Waals surface area (Å²) in [7, 11) is 0. The number of ether oxygens (including phenoxy) is 1. The number of nitrogens with one attached hydrogen (secondary N) is 2. The fourth-order valence-corrected chi connectivity index (χ4v) is 3.19. The van der Waals surface area contributed by atoms with E-state index >= 15 is 0 Å². The maximum absolute atomic E-state index is 12.2. The zero-order valence-electron chi connectivity index (χ0n) is 15.2. The number of carbonyl (C=O) groups is 2. The van der Waals surface area contributed by atoms with E-state index in [4.69, 9.17) is 4.74 Å². The Hall–Kier alpha value is -3.28. The number of aromatic amines is 1. The van der Waals surface area contributed by atoms with E-state index in [9.17, 15) is 14.7 Å². The molecule has 1 atom stereocenters. The van der Waals surface area contributed by atoms with Crippen LogP contribution < -0.4 is 5.32 Å². The molecule has 0 saturated heterocycles. The van der Waals surface area contributed by atoms with E-state index in [0.717, 1.165) is 22.0 Å². The van der Waals surface area contributed by atoms with Crippen LogP contribution in [0.1, 0.15) is 25.0 Å². The van der Waals surface area contributed by atoms with Gasteiger partial charge in [0.25, 0.3) is 0 Å². The van der Waals surface area contributed by atoms with Gasteiger partial charge in [0.1, 0.15) is 12.6 Å². The third kappa shape index (κ3) is 3.95. The summed E-state index contributed by atoms with van der Waals surface area (Å²) in [6.07, 6.45) is 1.02. The minimum atomic E-state index is -1.15. The standard InChI is InChI=1S/C21H22N2O4/c1-21(2,16-12-22-17-11-7-6-10-15(16)17)18(19(24)25)23-20(26)27-13-14-8-4-3-5-9-14/h3-12,18,22H,13H2,1-2H3,(H,23,26)(H,24,25)/t18-/m0/s1. The van der Waals surface area contributed by atoms with Crippen molar-refractivity contribution in [3.05, 3.63) is 71.9 Å². The van der Waals surface area contributed by atoms with Crippen LogP contribution in [0.4, 0.5) is 4.79 Å². The molecule has 0 saturated carbocycles. The molecule has 1 aromatic heterocycles. The number of hydrogen-bond donors (Lipinski definition) is 3. The van der Waals surface area contributed by atoms with E-state index < -0.39 is 23.5 Å². The summed E-state index contributed by atoms with van der Waals surface area (Å²) < 4.78 is 5.19. The van der Waals surface area contributed by atoms with Crippen LogP contribution in [0.5, 0.6) is 0 Å². The molecule has 6 nitrogen and oxygen atoms in total. The number of fused-ring (bicyclic) bond motifs is 1. The molecule has 3 N–H and O–H groups in total. The number of aromatic nitrogens is 1. The smallest absolute Gasteiger partial charge is 0.408 e. The lowest BCUT2D eigenvalue weighted by molar-refractivity contribution is -0.141. The van der Waals surface area contributed by atoms with Crippen molar-refractivity contribution in [2.45, 2.75) is 31.9 Å². The zero-order valence-corrected chi connectivity index (χ0v) is 15.2. The second-order valence-corrected chi connectivity index (χ2v) is 6.95. The predicted molar refractivity (Wildman–Crippen MR) is 103 cm³/mol. The number of hydrogen-bond acceptors (Lipinski definition) is 3. The van der Waals surface area contributed by atoms with Gasteiger partial charge in [-0.15, -0.1) is 0 Å². The third-order valence-corrected chi connectivity index (χ3v) is 4.73. The van der Waals surface area contributed by atoms with Gasteiger partial charge in [-0.25, -0.2) is 9.59 Å². The second kappa shape index (κ2) is 7.53. The molecule has 0 unspecified atom stereocenters. The lowest BCUT2D eigenvalue weighted by Crippen LogP contribution is -2.52. The summed E-state index contributed by atoms with van der Waals surface area (Å²) in [6, 6.07) is 15.7. The van der Waals surface area contributed by atoms with Crippen molar-refractivity contribution in [3.8, 4) is 0 Å². The maximum Gasteiger partial charge on any atom is 0.408 e. The van der Waals surface area contributed by atoms with Crippen LogP contribution in [-0.4, -0.2) is 28.2 Å². The summed E-state index contributed by atoms with van der Waals surface area (Å²) in [4.78, 5) is 27.3. The molecule has 0 aliphatic carbocycles. The molecule has 0 bridgehead atoms. The largest absolute Gasteiger partial charge is 0.480 e. The quantitative estimate of drug-likeness (QED) is 0.618. The normalized spacial score (nSPS) is 12.5. The number of rotatable bonds is 6. The van der Waals surface area contributed by atoms with Crippen molar-refractivity contribution >= 4 is 23.0 Å². The van der Waals surface area contributed by atoms with Gasteiger partial charge in [-0.2, -0.15) is 0 Å². The maximum atomic E-state index is 12.2. The fraction of sp³-hybridized carbons (Fsp3) is 0.238. The summed E-state index contributed by atoms with van der Waals surface area (Å²) in [5, 5.41) is 13.2. The van der Waals surface area contributed by atoms with Gasteiger partial charge in [0.2, 0.25) is 0 Å². The number of alkyl carbamates (subject to hydrolysis) is 1. The lowest BCUT2D eigenvalue weighted by Gasteiger charge is -2.31. The van der Waals surface area contributed by atoms with Crippen LogP contribution in [0.25, 0.3) is 10.9 Å². The highest BCUT2D eigenvalue weighted by molar-refractivity contribution is 5.87. The Balaban J connectivity index is 1.78. The van der Waals surface area contributed by atoms with Crippen molar-refractivity contribution in [2.24, 2.45) is 0 Å². The van der Waals surface area contributed by atoms with E-state index in [1.54, 1.807) is 20.0 Å². The Morgan fingerprint density at radius 3 is 2.48 bits per heavy atom. The highest BCUT2D eigenvalue weighted by Gasteiger charge is 2.39. The van der Waals surface area contributed by atoms with Crippen LogP contribution in [0, 0.1) is 0 Å². The van der Waals surface area contributed by atoms with Gasteiger partial charge in [0.15, 0.2) is 0 Å². The van der Waals surface area contributed by atoms with Crippen LogP contribution in [-0.2, 0) is 21.6 Å². The molecule has 27 heavy (non-hydrogen) atoms. The first kappa shape index (κ1) is 18.5.